The Bertz CT molecular complexity index is 846. The third-order valence-corrected chi connectivity index (χ3v) is 7.41. The molecule has 2 aliphatic heterocycles. The quantitative estimate of drug-likeness (QED) is 0.434. The van der Waals surface area contributed by atoms with Crippen molar-refractivity contribution in [3.63, 3.8) is 0 Å². The van der Waals surface area contributed by atoms with Gasteiger partial charge in [0.05, 0.1) is 6.04 Å². The summed E-state index contributed by atoms with van der Waals surface area (Å²) in [5, 5.41) is 15.4. The number of rotatable bonds is 9. The van der Waals surface area contributed by atoms with Crippen molar-refractivity contribution in [1.29, 1.82) is 0 Å². The number of likely N-dealkylation sites (tertiary alicyclic amines) is 1. The maximum atomic E-state index is 13.3. The van der Waals surface area contributed by atoms with E-state index in [1.807, 2.05) is 13.8 Å². The fourth-order valence-electron chi connectivity index (χ4n) is 5.20. The molecule has 0 aromatic heterocycles. The number of aliphatic hydroxyl groups excluding tert-OH is 1. The van der Waals surface area contributed by atoms with E-state index >= 15 is 0 Å². The Morgan fingerprint density at radius 2 is 1.94 bits per heavy atom. The molecule has 192 valence electrons. The van der Waals surface area contributed by atoms with Gasteiger partial charge in [0, 0.05) is 19.0 Å². The van der Waals surface area contributed by atoms with Gasteiger partial charge in [-0.25, -0.2) is 0 Å². The Balaban J connectivity index is 1.78. The highest BCUT2D eigenvalue weighted by atomic mass is 19.4. The topological polar surface area (TPSA) is 125 Å². The van der Waals surface area contributed by atoms with Gasteiger partial charge in [0.2, 0.25) is 11.8 Å². The van der Waals surface area contributed by atoms with Gasteiger partial charge in [0.25, 0.3) is 5.91 Å². The molecule has 0 radical (unpaired) electrons. The minimum Gasteiger partial charge on any atom is -0.383 e. The Labute approximate surface area is 195 Å². The van der Waals surface area contributed by atoms with Gasteiger partial charge in [0.1, 0.15) is 18.8 Å². The molecule has 34 heavy (non-hydrogen) atoms. The Hall–Kier alpha value is -2.21. The maximum Gasteiger partial charge on any atom is 0.522 e. The Morgan fingerprint density at radius 3 is 2.47 bits per heavy atom. The molecule has 2 heterocycles. The summed E-state index contributed by atoms with van der Waals surface area (Å²) in [6.07, 6.45) is -6.13. The van der Waals surface area contributed by atoms with Crippen LogP contribution >= 0.6 is 0 Å². The summed E-state index contributed by atoms with van der Waals surface area (Å²) in [5.74, 6) is -3.87. The van der Waals surface area contributed by atoms with Gasteiger partial charge < -0.3 is 20.6 Å². The van der Waals surface area contributed by atoms with Gasteiger partial charge in [-0.1, -0.05) is 27.7 Å². The second-order valence-corrected chi connectivity index (χ2v) is 10.4. The predicted molar refractivity (Wildman–Crippen MR) is 112 cm³/mol. The lowest BCUT2D eigenvalue weighted by atomic mass is 9.94. The lowest BCUT2D eigenvalue weighted by Gasteiger charge is -2.33. The van der Waals surface area contributed by atoms with Crippen LogP contribution in [-0.2, 0) is 23.9 Å². The van der Waals surface area contributed by atoms with Crippen molar-refractivity contribution < 1.29 is 42.2 Å². The zero-order valence-corrected chi connectivity index (χ0v) is 19.6. The number of piperidine rings is 1. The third kappa shape index (κ3) is 5.37. The fourth-order valence-corrected chi connectivity index (χ4v) is 5.20. The summed E-state index contributed by atoms with van der Waals surface area (Å²) < 4.78 is 41.1. The van der Waals surface area contributed by atoms with E-state index < -0.39 is 54.7 Å². The van der Waals surface area contributed by atoms with Gasteiger partial charge >= 0.3 is 6.36 Å². The Kier molecular flexibility index (Phi) is 7.33. The highest BCUT2D eigenvalue weighted by molar-refractivity contribution is 5.95. The third-order valence-electron chi connectivity index (χ3n) is 7.41. The number of ketones is 1. The second kappa shape index (κ2) is 9.44. The lowest BCUT2D eigenvalue weighted by Crippen LogP contribution is -2.56. The van der Waals surface area contributed by atoms with Crippen LogP contribution in [0.5, 0.6) is 0 Å². The highest BCUT2D eigenvalue weighted by Crippen LogP contribution is 2.65. The van der Waals surface area contributed by atoms with Crippen LogP contribution < -0.4 is 10.6 Å². The first-order valence-electron chi connectivity index (χ1n) is 11.4. The number of aliphatic hydroxyl groups is 1. The predicted octanol–water partition coefficient (Wildman–Crippen LogP) is 0.603. The van der Waals surface area contributed by atoms with E-state index in [0.717, 1.165) is 0 Å². The molecule has 0 aromatic rings. The molecule has 0 unspecified atom stereocenters. The van der Waals surface area contributed by atoms with Crippen LogP contribution in [0, 0.1) is 29.1 Å². The van der Waals surface area contributed by atoms with Crippen molar-refractivity contribution in [2.45, 2.75) is 65.1 Å². The summed E-state index contributed by atoms with van der Waals surface area (Å²) in [7, 11) is 0. The molecule has 3 aliphatic rings. The summed E-state index contributed by atoms with van der Waals surface area (Å²) >= 11 is 0. The van der Waals surface area contributed by atoms with Crippen molar-refractivity contribution in [2.75, 3.05) is 19.7 Å². The van der Waals surface area contributed by atoms with Crippen LogP contribution in [0.15, 0.2) is 0 Å². The number of carbonyl (C=O) groups is 4. The zero-order chi connectivity index (χ0) is 25.6. The van der Waals surface area contributed by atoms with E-state index in [2.05, 4.69) is 15.4 Å². The van der Waals surface area contributed by atoms with Gasteiger partial charge in [-0.3, -0.25) is 23.9 Å². The average Bonchev–Trinajstić information content (AvgIpc) is 3.10. The van der Waals surface area contributed by atoms with Crippen molar-refractivity contribution in [1.82, 2.24) is 15.5 Å². The number of nitrogens with one attached hydrogen (secondary N) is 2. The molecule has 1 saturated carbocycles. The molecular weight excluding hydrogens is 459 g/mol. The number of halogens is 3. The summed E-state index contributed by atoms with van der Waals surface area (Å²) in [5.41, 5.74) is -0.244. The van der Waals surface area contributed by atoms with Crippen molar-refractivity contribution in [3.05, 3.63) is 0 Å². The largest absolute Gasteiger partial charge is 0.522 e. The van der Waals surface area contributed by atoms with E-state index in [4.69, 9.17) is 0 Å². The molecular formula is C22H32F3N3O6. The van der Waals surface area contributed by atoms with Crippen molar-refractivity contribution in [3.8, 4) is 0 Å². The average molecular weight is 492 g/mol. The van der Waals surface area contributed by atoms with Gasteiger partial charge in [-0.2, -0.15) is 0 Å². The molecule has 12 heteroatoms. The molecule has 0 spiro atoms. The van der Waals surface area contributed by atoms with E-state index in [0.29, 0.717) is 13.0 Å². The smallest absolute Gasteiger partial charge is 0.383 e. The minimum atomic E-state index is -5.03. The molecule has 3 fully saturated rings. The van der Waals surface area contributed by atoms with Crippen LogP contribution in [-0.4, -0.2) is 77.8 Å². The van der Waals surface area contributed by atoms with Crippen LogP contribution in [0.2, 0.25) is 0 Å². The fraction of sp³-hybridized carbons (Fsp3) is 0.818. The Morgan fingerprint density at radius 1 is 1.29 bits per heavy atom. The van der Waals surface area contributed by atoms with Crippen LogP contribution in [0.1, 0.15) is 40.5 Å². The van der Waals surface area contributed by atoms with Gasteiger partial charge in [0.15, 0.2) is 5.78 Å². The number of ether oxygens (including phenoxy) is 1. The standard InChI is InChI=1S/C22H32F3N3O6/c1-10(2)17(30)20(33)28-8-12-15(21(12,3)4)16(28)19(32)27-13(7-11-5-6-26-18(11)31)14(29)9-34-22(23,24)25/h10-13,15-17,30H,5-9H2,1-4H3,(H,26,31)(H,27,32)/t11-,12-,13-,15-,16-,17+/m0/s1. The van der Waals surface area contributed by atoms with E-state index in [1.54, 1.807) is 13.8 Å². The lowest BCUT2D eigenvalue weighted by molar-refractivity contribution is -0.321. The number of nitrogens with zero attached hydrogens (tertiary/aromatic N) is 1. The number of alkyl halides is 3. The van der Waals surface area contributed by atoms with Crippen LogP contribution in [0.25, 0.3) is 0 Å². The number of carbonyl (C=O) groups excluding carboxylic acids is 4. The molecule has 1 aliphatic carbocycles. The number of fused-ring (bicyclic) bond motifs is 1. The van der Waals surface area contributed by atoms with Crippen molar-refractivity contribution >= 4 is 23.5 Å². The first kappa shape index (κ1) is 26.4. The zero-order valence-electron chi connectivity index (χ0n) is 19.6. The molecule has 2 saturated heterocycles. The minimum absolute atomic E-state index is 0.0230. The van der Waals surface area contributed by atoms with E-state index in [-0.39, 0.29) is 42.0 Å². The van der Waals surface area contributed by atoms with Gasteiger partial charge in [-0.15, -0.1) is 13.2 Å². The SMILES string of the molecule is CC(C)[C@@H](O)C(=O)N1C[C@H]2[C@@H]([C@H]1C(=O)N[C@@H](C[C@@H]1CCNC1=O)C(=O)COC(F)(F)F)C2(C)C. The number of hydrogen-bond acceptors (Lipinski definition) is 6. The van der Waals surface area contributed by atoms with Gasteiger partial charge in [-0.05, 0) is 36.0 Å². The maximum absolute atomic E-state index is 13.3. The van der Waals surface area contributed by atoms with Crippen LogP contribution in [0.3, 0.4) is 0 Å². The van der Waals surface area contributed by atoms with Crippen molar-refractivity contribution in [2.24, 2.45) is 29.1 Å². The van der Waals surface area contributed by atoms with Crippen LogP contribution in [0.4, 0.5) is 13.2 Å². The first-order valence-corrected chi connectivity index (χ1v) is 11.4. The first-order chi connectivity index (χ1) is 15.6. The number of hydrogen-bond donors (Lipinski definition) is 3. The molecule has 6 atom stereocenters. The molecule has 3 amide bonds. The highest BCUT2D eigenvalue weighted by Gasteiger charge is 2.69. The molecule has 9 nitrogen and oxygen atoms in total. The molecule has 0 bridgehead atoms. The molecule has 0 aromatic carbocycles. The normalized spacial score (nSPS) is 29.4. The number of Topliss-reactive ketones (excluding diaryl/α,β-unsaturated/α-hetero) is 1. The summed E-state index contributed by atoms with van der Waals surface area (Å²) in [6.45, 7) is 6.56. The molecule has 3 rings (SSSR count). The molecule has 3 N–H and O–H groups in total. The van der Waals surface area contributed by atoms with E-state index in [9.17, 15) is 37.5 Å². The monoisotopic (exact) mass is 491 g/mol. The number of amides is 3. The van der Waals surface area contributed by atoms with E-state index in [1.165, 1.54) is 4.90 Å². The summed E-state index contributed by atoms with van der Waals surface area (Å²) in [6, 6.07) is -2.37. The second-order valence-electron chi connectivity index (χ2n) is 10.4. The summed E-state index contributed by atoms with van der Waals surface area (Å²) in [4.78, 5) is 52.1.